The fourth-order valence-electron chi connectivity index (χ4n) is 2.16. The van der Waals surface area contributed by atoms with E-state index in [1.54, 1.807) is 30.3 Å². The summed E-state index contributed by atoms with van der Waals surface area (Å²) < 4.78 is 0. The smallest absolute Gasteiger partial charge is 0.261 e. The van der Waals surface area contributed by atoms with Gasteiger partial charge in [0.1, 0.15) is 5.15 Å². The van der Waals surface area contributed by atoms with Gasteiger partial charge in [0.15, 0.2) is 5.16 Å². The summed E-state index contributed by atoms with van der Waals surface area (Å²) in [5.74, 6) is -0.618. The fourth-order valence-corrected chi connectivity index (χ4v) is 2.81. The summed E-state index contributed by atoms with van der Waals surface area (Å²) in [6.45, 7) is 0.0855. The number of thioether (sulfide) groups is 1. The second-order valence-electron chi connectivity index (χ2n) is 4.41. The zero-order chi connectivity index (χ0) is 15.0. The van der Waals surface area contributed by atoms with Gasteiger partial charge < -0.3 is 0 Å². The zero-order valence-electron chi connectivity index (χ0n) is 11.0. The highest BCUT2D eigenvalue weighted by Crippen LogP contribution is 2.24. The topological polar surface area (TPSA) is 63.2 Å². The lowest BCUT2D eigenvalue weighted by atomic mass is 10.1. The Balaban J connectivity index is 1.92. The van der Waals surface area contributed by atoms with E-state index >= 15 is 0 Å². The van der Waals surface area contributed by atoms with Crippen LogP contribution in [0.4, 0.5) is 0 Å². The SMILES string of the molecule is CSc1nc(Cl)cc(CN2C(=O)c3ccccc3C2=O)n1. The third kappa shape index (κ3) is 2.52. The molecule has 0 atom stereocenters. The maximum atomic E-state index is 12.3. The quantitative estimate of drug-likeness (QED) is 0.377. The largest absolute Gasteiger partial charge is 0.269 e. The van der Waals surface area contributed by atoms with Crippen molar-refractivity contribution in [1.29, 1.82) is 0 Å². The predicted molar refractivity (Wildman–Crippen MR) is 79.5 cm³/mol. The molecule has 2 aromatic rings. The first-order valence-corrected chi connectivity index (χ1v) is 7.73. The summed E-state index contributed by atoms with van der Waals surface area (Å²) in [5, 5.41) is 0.801. The number of rotatable bonds is 3. The number of amides is 2. The highest BCUT2D eigenvalue weighted by atomic mass is 35.5. The second-order valence-corrected chi connectivity index (χ2v) is 5.57. The van der Waals surface area contributed by atoms with E-state index in [1.165, 1.54) is 16.7 Å². The third-order valence-corrected chi connectivity index (χ3v) is 3.85. The molecule has 3 rings (SSSR count). The van der Waals surface area contributed by atoms with Crippen molar-refractivity contribution in [2.45, 2.75) is 11.7 Å². The maximum Gasteiger partial charge on any atom is 0.261 e. The summed E-state index contributed by atoms with van der Waals surface area (Å²) in [7, 11) is 0. The summed E-state index contributed by atoms with van der Waals surface area (Å²) >= 11 is 7.27. The molecule has 0 saturated carbocycles. The molecule has 2 amide bonds. The lowest BCUT2D eigenvalue weighted by Gasteiger charge is -2.13. The lowest BCUT2D eigenvalue weighted by Crippen LogP contribution is -2.29. The van der Waals surface area contributed by atoms with Gasteiger partial charge in [-0.05, 0) is 24.5 Å². The van der Waals surface area contributed by atoms with E-state index < -0.39 is 0 Å². The van der Waals surface area contributed by atoms with Crippen LogP contribution in [0.25, 0.3) is 0 Å². The van der Waals surface area contributed by atoms with Crippen LogP contribution in [0.15, 0.2) is 35.5 Å². The number of benzene rings is 1. The van der Waals surface area contributed by atoms with Crippen molar-refractivity contribution in [1.82, 2.24) is 14.9 Å². The van der Waals surface area contributed by atoms with E-state index in [0.717, 1.165) is 0 Å². The number of carbonyl (C=O) groups excluding carboxylic acids is 2. The maximum absolute atomic E-state index is 12.3. The second kappa shape index (κ2) is 5.46. The first kappa shape index (κ1) is 14.0. The standard InChI is InChI=1S/C14H10ClN3O2S/c1-21-14-16-8(6-11(15)17-14)7-18-12(19)9-4-2-3-5-10(9)13(18)20/h2-6H,7H2,1H3. The normalized spacial score (nSPS) is 13.7. The van der Waals surface area contributed by atoms with Gasteiger partial charge in [-0.2, -0.15) is 0 Å². The number of hydrogen-bond acceptors (Lipinski definition) is 5. The Hall–Kier alpha value is -1.92. The number of carbonyl (C=O) groups is 2. The molecule has 1 aliphatic rings. The van der Waals surface area contributed by atoms with E-state index in [2.05, 4.69) is 9.97 Å². The van der Waals surface area contributed by atoms with Gasteiger partial charge in [-0.15, -0.1) is 0 Å². The Morgan fingerprint density at radius 3 is 2.33 bits per heavy atom. The Labute approximate surface area is 130 Å². The lowest BCUT2D eigenvalue weighted by molar-refractivity contribution is 0.0640. The van der Waals surface area contributed by atoms with E-state index in [4.69, 9.17) is 11.6 Å². The summed E-state index contributed by atoms with van der Waals surface area (Å²) in [6.07, 6.45) is 1.83. The van der Waals surface area contributed by atoms with Gasteiger partial charge in [0.05, 0.1) is 23.4 Å². The van der Waals surface area contributed by atoms with E-state index in [1.807, 2.05) is 6.26 Å². The van der Waals surface area contributed by atoms with Crippen LogP contribution in [-0.2, 0) is 6.54 Å². The molecule has 0 spiro atoms. The van der Waals surface area contributed by atoms with Gasteiger partial charge in [-0.3, -0.25) is 14.5 Å². The molecule has 1 aliphatic heterocycles. The average molecular weight is 320 g/mol. The van der Waals surface area contributed by atoms with Gasteiger partial charge in [-0.1, -0.05) is 35.5 Å². The van der Waals surface area contributed by atoms with Crippen LogP contribution in [0.1, 0.15) is 26.4 Å². The molecule has 0 bridgehead atoms. The van der Waals surface area contributed by atoms with Gasteiger partial charge in [0, 0.05) is 0 Å². The van der Waals surface area contributed by atoms with Crippen LogP contribution in [-0.4, -0.2) is 32.9 Å². The van der Waals surface area contributed by atoms with Crippen LogP contribution in [0, 0.1) is 0 Å². The van der Waals surface area contributed by atoms with Crippen molar-refractivity contribution in [2.24, 2.45) is 0 Å². The molecular weight excluding hydrogens is 310 g/mol. The Kier molecular flexibility index (Phi) is 3.65. The number of hydrogen-bond donors (Lipinski definition) is 0. The molecule has 0 saturated heterocycles. The van der Waals surface area contributed by atoms with Gasteiger partial charge in [0.25, 0.3) is 11.8 Å². The van der Waals surface area contributed by atoms with E-state index in [0.29, 0.717) is 27.1 Å². The molecule has 0 unspecified atom stereocenters. The average Bonchev–Trinajstić information content (AvgIpc) is 2.72. The number of aromatic nitrogens is 2. The number of fused-ring (bicyclic) bond motifs is 1. The van der Waals surface area contributed by atoms with Crippen LogP contribution in [0.5, 0.6) is 0 Å². The molecule has 2 heterocycles. The van der Waals surface area contributed by atoms with Crippen LogP contribution >= 0.6 is 23.4 Å². The molecule has 0 aliphatic carbocycles. The Morgan fingerprint density at radius 2 is 1.76 bits per heavy atom. The van der Waals surface area contributed by atoms with Crippen LogP contribution in [0.3, 0.4) is 0 Å². The van der Waals surface area contributed by atoms with Crippen molar-refractivity contribution in [2.75, 3.05) is 6.26 Å². The van der Waals surface area contributed by atoms with Crippen molar-refractivity contribution in [3.63, 3.8) is 0 Å². The molecule has 1 aromatic heterocycles. The summed E-state index contributed by atoms with van der Waals surface area (Å²) in [4.78, 5) is 34.0. The molecule has 21 heavy (non-hydrogen) atoms. The third-order valence-electron chi connectivity index (χ3n) is 3.11. The molecule has 0 radical (unpaired) electrons. The Bertz CT molecular complexity index is 716. The van der Waals surface area contributed by atoms with Crippen molar-refractivity contribution in [3.05, 3.63) is 52.3 Å². The van der Waals surface area contributed by atoms with Crippen molar-refractivity contribution >= 4 is 35.2 Å². The number of nitrogens with zero attached hydrogens (tertiary/aromatic N) is 3. The zero-order valence-corrected chi connectivity index (χ0v) is 12.6. The molecule has 0 N–H and O–H groups in total. The molecular formula is C14H10ClN3O2S. The highest BCUT2D eigenvalue weighted by Gasteiger charge is 2.35. The monoisotopic (exact) mass is 319 g/mol. The minimum absolute atomic E-state index is 0.0855. The van der Waals surface area contributed by atoms with Crippen molar-refractivity contribution < 1.29 is 9.59 Å². The van der Waals surface area contributed by atoms with Crippen LogP contribution in [0.2, 0.25) is 5.15 Å². The first-order valence-electron chi connectivity index (χ1n) is 6.13. The minimum atomic E-state index is -0.309. The number of imide groups is 1. The Morgan fingerprint density at radius 1 is 1.14 bits per heavy atom. The molecule has 0 fully saturated rings. The molecule has 5 nitrogen and oxygen atoms in total. The molecule has 7 heteroatoms. The van der Waals surface area contributed by atoms with Crippen molar-refractivity contribution in [3.8, 4) is 0 Å². The summed E-state index contributed by atoms with van der Waals surface area (Å²) in [6, 6.07) is 8.33. The first-order chi connectivity index (χ1) is 10.1. The van der Waals surface area contributed by atoms with Gasteiger partial charge in [0.2, 0.25) is 0 Å². The fraction of sp³-hybridized carbons (Fsp3) is 0.143. The number of halogens is 1. The predicted octanol–water partition coefficient (Wildman–Crippen LogP) is 2.65. The minimum Gasteiger partial charge on any atom is -0.269 e. The summed E-state index contributed by atoms with van der Waals surface area (Å²) in [5.41, 5.74) is 1.38. The van der Waals surface area contributed by atoms with Crippen LogP contribution < -0.4 is 0 Å². The van der Waals surface area contributed by atoms with Gasteiger partial charge >= 0.3 is 0 Å². The highest BCUT2D eigenvalue weighted by molar-refractivity contribution is 7.98. The van der Waals surface area contributed by atoms with E-state index in [-0.39, 0.29) is 18.4 Å². The molecule has 106 valence electrons. The molecule has 1 aromatic carbocycles. The van der Waals surface area contributed by atoms with E-state index in [9.17, 15) is 9.59 Å². The van der Waals surface area contributed by atoms with Gasteiger partial charge in [-0.25, -0.2) is 9.97 Å².